The molecule has 0 aliphatic carbocycles. The zero-order chi connectivity index (χ0) is 12.3. The molecule has 2 N–H and O–H groups in total. The molecule has 3 nitrogen and oxygen atoms in total. The summed E-state index contributed by atoms with van der Waals surface area (Å²) in [6.45, 7) is 5.33. The molecule has 0 aliphatic rings. The van der Waals surface area contributed by atoms with Gasteiger partial charge in [-0.1, -0.05) is 18.2 Å². The van der Waals surface area contributed by atoms with E-state index in [0.29, 0.717) is 6.42 Å². The summed E-state index contributed by atoms with van der Waals surface area (Å²) in [5.74, 6) is -0.807. The number of carboxylic acids is 1. The van der Waals surface area contributed by atoms with Crippen LogP contribution in [0.4, 0.5) is 0 Å². The Morgan fingerprint density at radius 3 is 2.50 bits per heavy atom. The Morgan fingerprint density at radius 1 is 1.38 bits per heavy atom. The summed E-state index contributed by atoms with van der Waals surface area (Å²) in [5, 5.41) is 18.2. The van der Waals surface area contributed by atoms with E-state index < -0.39 is 11.4 Å². The molecule has 0 heterocycles. The maximum Gasteiger partial charge on any atom is 0.309 e. The van der Waals surface area contributed by atoms with Crippen LogP contribution in [0.25, 0.3) is 0 Å². The molecule has 0 aromatic heterocycles. The Bertz CT molecular complexity index is 394. The van der Waals surface area contributed by atoms with Crippen molar-refractivity contribution in [2.45, 2.75) is 33.8 Å². The summed E-state index contributed by atoms with van der Waals surface area (Å²) in [7, 11) is 0. The minimum Gasteiger partial charge on any atom is -0.481 e. The van der Waals surface area contributed by atoms with Gasteiger partial charge in [-0.15, -0.1) is 0 Å². The Kier molecular flexibility index (Phi) is 3.70. The minimum atomic E-state index is -0.807. The number of carboxylic acid groups (broad SMARTS) is 1. The van der Waals surface area contributed by atoms with Crippen molar-refractivity contribution in [3.05, 3.63) is 34.9 Å². The van der Waals surface area contributed by atoms with Crippen molar-refractivity contribution in [1.82, 2.24) is 0 Å². The van der Waals surface area contributed by atoms with Gasteiger partial charge in [-0.2, -0.15) is 0 Å². The Labute approximate surface area is 95.7 Å². The SMILES string of the molecule is Cc1ccc(CC(C)(C)C(=O)O)cc1CO. The van der Waals surface area contributed by atoms with E-state index in [2.05, 4.69) is 0 Å². The lowest BCUT2D eigenvalue weighted by Crippen LogP contribution is -2.26. The van der Waals surface area contributed by atoms with Gasteiger partial charge in [-0.3, -0.25) is 4.79 Å². The highest BCUT2D eigenvalue weighted by molar-refractivity contribution is 5.74. The van der Waals surface area contributed by atoms with Crippen LogP contribution in [0.1, 0.15) is 30.5 Å². The van der Waals surface area contributed by atoms with Crippen molar-refractivity contribution in [3.63, 3.8) is 0 Å². The summed E-state index contributed by atoms with van der Waals surface area (Å²) in [6, 6.07) is 5.71. The molecule has 0 aliphatic heterocycles. The summed E-state index contributed by atoms with van der Waals surface area (Å²) >= 11 is 0. The van der Waals surface area contributed by atoms with Gasteiger partial charge in [0.2, 0.25) is 0 Å². The van der Waals surface area contributed by atoms with E-state index in [1.165, 1.54) is 0 Å². The van der Waals surface area contributed by atoms with E-state index >= 15 is 0 Å². The Morgan fingerprint density at radius 2 is 2.00 bits per heavy atom. The quantitative estimate of drug-likeness (QED) is 0.820. The second-order valence-corrected chi connectivity index (χ2v) is 4.78. The predicted octanol–water partition coefficient (Wildman–Crippen LogP) is 2.14. The van der Waals surface area contributed by atoms with E-state index in [9.17, 15) is 4.79 Å². The van der Waals surface area contributed by atoms with Gasteiger partial charge in [0, 0.05) is 0 Å². The van der Waals surface area contributed by atoms with E-state index in [0.717, 1.165) is 16.7 Å². The molecule has 16 heavy (non-hydrogen) atoms. The highest BCUT2D eigenvalue weighted by Crippen LogP contribution is 2.23. The summed E-state index contributed by atoms with van der Waals surface area (Å²) in [6.07, 6.45) is 0.468. The van der Waals surface area contributed by atoms with Gasteiger partial charge in [0.15, 0.2) is 0 Å². The second-order valence-electron chi connectivity index (χ2n) is 4.78. The van der Waals surface area contributed by atoms with Crippen LogP contribution in [-0.4, -0.2) is 16.2 Å². The number of aliphatic hydroxyl groups is 1. The van der Waals surface area contributed by atoms with Crippen LogP contribution in [0.3, 0.4) is 0 Å². The molecule has 0 saturated carbocycles. The summed E-state index contributed by atoms with van der Waals surface area (Å²) < 4.78 is 0. The molecule has 1 aromatic carbocycles. The number of carbonyl (C=O) groups is 1. The molecule has 0 unspecified atom stereocenters. The lowest BCUT2D eigenvalue weighted by atomic mass is 9.85. The average Bonchev–Trinajstić information content (AvgIpc) is 2.20. The third-order valence-electron chi connectivity index (χ3n) is 2.81. The maximum atomic E-state index is 11.0. The monoisotopic (exact) mass is 222 g/mol. The Balaban J connectivity index is 2.94. The molecule has 3 heteroatoms. The fourth-order valence-electron chi connectivity index (χ4n) is 1.59. The topological polar surface area (TPSA) is 57.5 Å². The first-order valence-corrected chi connectivity index (χ1v) is 5.29. The average molecular weight is 222 g/mol. The molecule has 0 amide bonds. The fourth-order valence-corrected chi connectivity index (χ4v) is 1.59. The van der Waals surface area contributed by atoms with Crippen molar-refractivity contribution in [1.29, 1.82) is 0 Å². The number of rotatable bonds is 4. The van der Waals surface area contributed by atoms with E-state index in [4.69, 9.17) is 10.2 Å². The summed E-state index contributed by atoms with van der Waals surface area (Å²) in [4.78, 5) is 11.0. The van der Waals surface area contributed by atoms with Crippen LogP contribution >= 0.6 is 0 Å². The number of aliphatic carboxylic acids is 1. The van der Waals surface area contributed by atoms with Gasteiger partial charge in [0.1, 0.15) is 0 Å². The first-order chi connectivity index (χ1) is 7.36. The van der Waals surface area contributed by atoms with Crippen LogP contribution in [-0.2, 0) is 17.8 Å². The number of hydrogen-bond donors (Lipinski definition) is 2. The number of benzene rings is 1. The molecule has 0 spiro atoms. The summed E-state index contributed by atoms with van der Waals surface area (Å²) in [5.41, 5.74) is 2.06. The molecule has 0 fully saturated rings. The zero-order valence-electron chi connectivity index (χ0n) is 9.95. The van der Waals surface area contributed by atoms with E-state index in [-0.39, 0.29) is 6.61 Å². The molecule has 0 bridgehead atoms. The third kappa shape index (κ3) is 2.83. The van der Waals surface area contributed by atoms with E-state index in [1.54, 1.807) is 13.8 Å². The first-order valence-electron chi connectivity index (χ1n) is 5.29. The van der Waals surface area contributed by atoms with Gasteiger partial charge >= 0.3 is 5.97 Å². The van der Waals surface area contributed by atoms with Crippen LogP contribution in [0, 0.1) is 12.3 Å². The minimum absolute atomic E-state index is 0.00677. The standard InChI is InChI=1S/C13H18O3/c1-9-4-5-10(6-11(9)8-14)7-13(2,3)12(15)16/h4-6,14H,7-8H2,1-3H3,(H,15,16). The van der Waals surface area contributed by atoms with Crippen LogP contribution in [0.15, 0.2) is 18.2 Å². The van der Waals surface area contributed by atoms with Gasteiger partial charge < -0.3 is 10.2 Å². The third-order valence-corrected chi connectivity index (χ3v) is 2.81. The van der Waals surface area contributed by atoms with Gasteiger partial charge in [0.25, 0.3) is 0 Å². The van der Waals surface area contributed by atoms with Crippen molar-refractivity contribution in [3.8, 4) is 0 Å². The van der Waals surface area contributed by atoms with Gasteiger partial charge in [0.05, 0.1) is 12.0 Å². The molecule has 1 aromatic rings. The molecule has 0 radical (unpaired) electrons. The van der Waals surface area contributed by atoms with Crippen molar-refractivity contribution in [2.24, 2.45) is 5.41 Å². The zero-order valence-corrected chi connectivity index (χ0v) is 9.95. The highest BCUT2D eigenvalue weighted by atomic mass is 16.4. The van der Waals surface area contributed by atoms with Crippen LogP contribution in [0.5, 0.6) is 0 Å². The first kappa shape index (κ1) is 12.7. The normalized spacial score (nSPS) is 11.5. The highest BCUT2D eigenvalue weighted by Gasteiger charge is 2.27. The number of hydrogen-bond acceptors (Lipinski definition) is 2. The van der Waals surface area contributed by atoms with Gasteiger partial charge in [-0.05, 0) is 43.9 Å². The molecule has 88 valence electrons. The van der Waals surface area contributed by atoms with E-state index in [1.807, 2.05) is 25.1 Å². The number of aliphatic hydroxyl groups excluding tert-OH is 1. The molecule has 0 saturated heterocycles. The molecule has 1 rings (SSSR count). The lowest BCUT2D eigenvalue weighted by molar-refractivity contribution is -0.146. The molecule has 0 atom stereocenters. The smallest absolute Gasteiger partial charge is 0.309 e. The van der Waals surface area contributed by atoms with Crippen LogP contribution < -0.4 is 0 Å². The largest absolute Gasteiger partial charge is 0.481 e. The predicted molar refractivity (Wildman–Crippen MR) is 62.2 cm³/mol. The van der Waals surface area contributed by atoms with Crippen molar-refractivity contribution < 1.29 is 15.0 Å². The lowest BCUT2D eigenvalue weighted by Gasteiger charge is -2.19. The van der Waals surface area contributed by atoms with Gasteiger partial charge in [-0.25, -0.2) is 0 Å². The molecular formula is C13H18O3. The number of aryl methyl sites for hydroxylation is 1. The second kappa shape index (κ2) is 4.66. The Hall–Kier alpha value is -1.35. The van der Waals surface area contributed by atoms with Crippen LogP contribution in [0.2, 0.25) is 0 Å². The fraction of sp³-hybridized carbons (Fsp3) is 0.462. The van der Waals surface area contributed by atoms with Crippen molar-refractivity contribution in [2.75, 3.05) is 0 Å². The maximum absolute atomic E-state index is 11.0. The molecular weight excluding hydrogens is 204 g/mol. The van der Waals surface area contributed by atoms with Crippen molar-refractivity contribution >= 4 is 5.97 Å².